The van der Waals surface area contributed by atoms with Crippen LogP contribution >= 0.6 is 0 Å². The van der Waals surface area contributed by atoms with Gasteiger partial charge in [-0.15, -0.1) is 0 Å². The first-order valence-corrected chi connectivity index (χ1v) is 10.1. The van der Waals surface area contributed by atoms with Gasteiger partial charge in [0.05, 0.1) is 18.8 Å². The molecule has 8 heteroatoms. The molecular formula is C23H22N6O2. The molecule has 0 spiro atoms. The number of carbonyl (C=O) groups is 1. The van der Waals surface area contributed by atoms with Crippen LogP contribution < -0.4 is 9.64 Å². The van der Waals surface area contributed by atoms with E-state index in [0.29, 0.717) is 37.5 Å². The SMILES string of the molecule is COc1cccc(C(=O)N2CCN(c3ncnc4ccc(-c5cn[nH]c5)cc34)CC2)c1. The molecule has 4 aromatic rings. The fraction of sp³-hybridized carbons (Fsp3) is 0.217. The lowest BCUT2D eigenvalue weighted by atomic mass is 10.1. The van der Waals surface area contributed by atoms with E-state index in [1.54, 1.807) is 25.7 Å². The Labute approximate surface area is 179 Å². The molecule has 8 nitrogen and oxygen atoms in total. The van der Waals surface area contributed by atoms with E-state index in [2.05, 4.69) is 31.1 Å². The Morgan fingerprint density at radius 1 is 1.03 bits per heavy atom. The smallest absolute Gasteiger partial charge is 0.254 e. The van der Waals surface area contributed by atoms with Crippen LogP contribution in [0.1, 0.15) is 10.4 Å². The van der Waals surface area contributed by atoms with Gasteiger partial charge in [-0.25, -0.2) is 9.97 Å². The molecule has 3 heterocycles. The lowest BCUT2D eigenvalue weighted by Gasteiger charge is -2.35. The lowest BCUT2D eigenvalue weighted by molar-refractivity contribution is 0.0746. The number of nitrogens with one attached hydrogen (secondary N) is 1. The highest BCUT2D eigenvalue weighted by molar-refractivity contribution is 5.95. The summed E-state index contributed by atoms with van der Waals surface area (Å²) in [5, 5.41) is 7.89. The lowest BCUT2D eigenvalue weighted by Crippen LogP contribution is -2.49. The number of ether oxygens (including phenoxy) is 1. The van der Waals surface area contributed by atoms with Crippen molar-refractivity contribution in [2.75, 3.05) is 38.2 Å². The number of nitrogens with zero attached hydrogens (tertiary/aromatic N) is 5. The maximum atomic E-state index is 12.9. The molecule has 0 bridgehead atoms. The topological polar surface area (TPSA) is 87.2 Å². The fourth-order valence-corrected chi connectivity index (χ4v) is 3.94. The maximum Gasteiger partial charge on any atom is 0.254 e. The Kier molecular flexibility index (Phi) is 4.95. The third kappa shape index (κ3) is 3.68. The van der Waals surface area contributed by atoms with Gasteiger partial charge in [-0.2, -0.15) is 5.10 Å². The van der Waals surface area contributed by atoms with E-state index in [9.17, 15) is 4.79 Å². The predicted octanol–water partition coefficient (Wildman–Crippen LogP) is 2.99. The first-order chi connectivity index (χ1) is 15.2. The zero-order chi connectivity index (χ0) is 21.2. The molecule has 0 radical (unpaired) electrons. The van der Waals surface area contributed by atoms with Gasteiger partial charge in [-0.1, -0.05) is 12.1 Å². The molecule has 156 valence electrons. The average Bonchev–Trinajstić information content (AvgIpc) is 3.38. The van der Waals surface area contributed by atoms with Crippen molar-refractivity contribution in [3.63, 3.8) is 0 Å². The third-order valence-corrected chi connectivity index (χ3v) is 5.63. The molecule has 31 heavy (non-hydrogen) atoms. The molecule has 0 saturated carbocycles. The van der Waals surface area contributed by atoms with Crippen molar-refractivity contribution in [2.45, 2.75) is 0 Å². The number of amides is 1. The van der Waals surface area contributed by atoms with Crippen molar-refractivity contribution in [3.05, 3.63) is 66.7 Å². The second-order valence-corrected chi connectivity index (χ2v) is 7.43. The van der Waals surface area contributed by atoms with Crippen LogP contribution in [0.15, 0.2) is 61.2 Å². The molecule has 1 amide bonds. The number of hydrogen-bond donors (Lipinski definition) is 1. The van der Waals surface area contributed by atoms with E-state index < -0.39 is 0 Å². The predicted molar refractivity (Wildman–Crippen MR) is 118 cm³/mol. The molecule has 1 fully saturated rings. The normalized spacial score (nSPS) is 14.1. The Morgan fingerprint density at radius 2 is 1.90 bits per heavy atom. The van der Waals surface area contributed by atoms with Gasteiger partial charge in [-0.3, -0.25) is 9.89 Å². The molecule has 0 aliphatic carbocycles. The number of rotatable bonds is 4. The summed E-state index contributed by atoms with van der Waals surface area (Å²) >= 11 is 0. The number of methoxy groups -OCH3 is 1. The zero-order valence-electron chi connectivity index (χ0n) is 17.2. The van der Waals surface area contributed by atoms with E-state index in [1.165, 1.54) is 0 Å². The van der Waals surface area contributed by atoms with E-state index in [-0.39, 0.29) is 5.91 Å². The van der Waals surface area contributed by atoms with Crippen molar-refractivity contribution in [2.24, 2.45) is 0 Å². The standard InChI is InChI=1S/C23H22N6O2/c1-31-19-4-2-3-17(11-19)23(30)29-9-7-28(8-10-29)22-20-12-16(18-13-26-27-14-18)5-6-21(20)24-15-25-22/h2-6,11-15H,7-10H2,1H3,(H,26,27). The second-order valence-electron chi connectivity index (χ2n) is 7.43. The highest BCUT2D eigenvalue weighted by Gasteiger charge is 2.24. The van der Waals surface area contributed by atoms with Gasteiger partial charge >= 0.3 is 0 Å². The van der Waals surface area contributed by atoms with Crippen molar-refractivity contribution in [1.29, 1.82) is 0 Å². The van der Waals surface area contributed by atoms with Crippen molar-refractivity contribution >= 4 is 22.6 Å². The Morgan fingerprint density at radius 3 is 2.68 bits per heavy atom. The fourth-order valence-electron chi connectivity index (χ4n) is 3.94. The van der Waals surface area contributed by atoms with Crippen molar-refractivity contribution < 1.29 is 9.53 Å². The number of aromatic nitrogens is 4. The second kappa shape index (κ2) is 8.06. The van der Waals surface area contributed by atoms with Crippen LogP contribution in [0.5, 0.6) is 5.75 Å². The third-order valence-electron chi connectivity index (χ3n) is 5.63. The number of aromatic amines is 1. The van der Waals surface area contributed by atoms with Gasteiger partial charge in [0.15, 0.2) is 0 Å². The summed E-state index contributed by atoms with van der Waals surface area (Å²) in [6, 6.07) is 13.4. The van der Waals surface area contributed by atoms with E-state index in [1.807, 2.05) is 41.4 Å². The minimum atomic E-state index is 0.0216. The Hall–Kier alpha value is -3.94. The van der Waals surface area contributed by atoms with E-state index in [4.69, 9.17) is 4.74 Å². The molecule has 0 atom stereocenters. The molecule has 1 aliphatic heterocycles. The van der Waals surface area contributed by atoms with Crippen LogP contribution in [0.2, 0.25) is 0 Å². The van der Waals surface area contributed by atoms with Crippen LogP contribution in [0, 0.1) is 0 Å². The summed E-state index contributed by atoms with van der Waals surface area (Å²) < 4.78 is 5.25. The first-order valence-electron chi connectivity index (χ1n) is 10.1. The van der Waals surface area contributed by atoms with Gasteiger partial charge in [0, 0.05) is 48.9 Å². The molecule has 1 N–H and O–H groups in total. The first kappa shape index (κ1) is 19.0. The van der Waals surface area contributed by atoms with Crippen LogP contribution in [0.4, 0.5) is 5.82 Å². The molecule has 1 saturated heterocycles. The number of H-pyrrole nitrogens is 1. The number of carbonyl (C=O) groups excluding carboxylic acids is 1. The molecule has 0 unspecified atom stereocenters. The summed E-state index contributed by atoms with van der Waals surface area (Å²) in [7, 11) is 1.60. The van der Waals surface area contributed by atoms with E-state index >= 15 is 0 Å². The average molecular weight is 414 g/mol. The van der Waals surface area contributed by atoms with Crippen LogP contribution in [0.25, 0.3) is 22.0 Å². The van der Waals surface area contributed by atoms with Crippen molar-refractivity contribution in [3.8, 4) is 16.9 Å². The zero-order valence-corrected chi connectivity index (χ0v) is 17.2. The number of hydrogen-bond acceptors (Lipinski definition) is 6. The van der Waals surface area contributed by atoms with E-state index in [0.717, 1.165) is 27.8 Å². The summed E-state index contributed by atoms with van der Waals surface area (Å²) in [5.74, 6) is 1.60. The summed E-state index contributed by atoms with van der Waals surface area (Å²) in [5.41, 5.74) is 3.62. The van der Waals surface area contributed by atoms with Gasteiger partial charge in [-0.05, 0) is 35.9 Å². The number of piperazine rings is 1. The van der Waals surface area contributed by atoms with Crippen LogP contribution in [-0.2, 0) is 0 Å². The molecule has 2 aromatic heterocycles. The van der Waals surface area contributed by atoms with Gasteiger partial charge in [0.2, 0.25) is 0 Å². The largest absolute Gasteiger partial charge is 0.497 e. The number of anilines is 1. The summed E-state index contributed by atoms with van der Waals surface area (Å²) in [4.78, 5) is 26.0. The highest BCUT2D eigenvalue weighted by atomic mass is 16.5. The summed E-state index contributed by atoms with van der Waals surface area (Å²) in [6.45, 7) is 2.67. The minimum absolute atomic E-state index is 0.0216. The van der Waals surface area contributed by atoms with Crippen LogP contribution in [-0.4, -0.2) is 64.3 Å². The maximum absolute atomic E-state index is 12.9. The van der Waals surface area contributed by atoms with Gasteiger partial charge < -0.3 is 14.5 Å². The van der Waals surface area contributed by atoms with Gasteiger partial charge in [0.1, 0.15) is 17.9 Å². The van der Waals surface area contributed by atoms with Crippen molar-refractivity contribution in [1.82, 2.24) is 25.1 Å². The number of benzene rings is 2. The molecule has 5 rings (SSSR count). The number of fused-ring (bicyclic) bond motifs is 1. The monoisotopic (exact) mass is 414 g/mol. The van der Waals surface area contributed by atoms with Gasteiger partial charge in [0.25, 0.3) is 5.91 Å². The molecule has 2 aromatic carbocycles. The molecular weight excluding hydrogens is 392 g/mol. The Bertz CT molecular complexity index is 1220. The minimum Gasteiger partial charge on any atom is -0.497 e. The summed E-state index contributed by atoms with van der Waals surface area (Å²) in [6.07, 6.45) is 5.27. The highest BCUT2D eigenvalue weighted by Crippen LogP contribution is 2.29. The molecule has 1 aliphatic rings. The Balaban J connectivity index is 1.36. The quantitative estimate of drug-likeness (QED) is 0.552. The van der Waals surface area contributed by atoms with Crippen LogP contribution in [0.3, 0.4) is 0 Å².